The lowest BCUT2D eigenvalue weighted by molar-refractivity contribution is 0.140. The highest BCUT2D eigenvalue weighted by Crippen LogP contribution is 2.10. The van der Waals surface area contributed by atoms with Crippen molar-refractivity contribution < 1.29 is 14.6 Å². The second-order valence-corrected chi connectivity index (χ2v) is 3.17. The van der Waals surface area contributed by atoms with Crippen molar-refractivity contribution in [1.29, 1.82) is 0 Å². The molecule has 2 N–H and O–H groups in total. The summed E-state index contributed by atoms with van der Waals surface area (Å²) in [6.45, 7) is 4.15. The fraction of sp³-hybridized carbons (Fsp3) is 0.857. The Morgan fingerprint density at radius 3 is 2.55 bits per heavy atom. The first kappa shape index (κ1) is 10.2. The van der Waals surface area contributed by atoms with Gasteiger partial charge >= 0.3 is 6.09 Å². The standard InChI is InChI=1S/C7H15NO3/c1-7(2,5-9)4-8-6(10)11-3/h9H,4-5H2,1-3H3,(H,8,10). The molecule has 0 atom stereocenters. The topological polar surface area (TPSA) is 58.6 Å². The van der Waals surface area contributed by atoms with Crippen molar-refractivity contribution in [2.24, 2.45) is 5.41 Å². The van der Waals surface area contributed by atoms with E-state index in [2.05, 4.69) is 10.1 Å². The maximum atomic E-state index is 10.6. The zero-order chi connectivity index (χ0) is 8.91. The van der Waals surface area contributed by atoms with E-state index in [9.17, 15) is 4.79 Å². The van der Waals surface area contributed by atoms with Crippen molar-refractivity contribution in [2.75, 3.05) is 20.3 Å². The molecule has 1 amide bonds. The molecular formula is C7H15NO3. The summed E-state index contributed by atoms with van der Waals surface area (Å²) in [5.74, 6) is 0. The van der Waals surface area contributed by atoms with Crippen LogP contribution in [0, 0.1) is 5.41 Å². The molecule has 0 aliphatic heterocycles. The van der Waals surface area contributed by atoms with Gasteiger partial charge in [-0.05, 0) is 0 Å². The molecular weight excluding hydrogens is 146 g/mol. The van der Waals surface area contributed by atoms with Crippen LogP contribution in [0.4, 0.5) is 4.79 Å². The fourth-order valence-electron chi connectivity index (χ4n) is 0.440. The first-order valence-electron chi connectivity index (χ1n) is 3.44. The molecule has 0 aliphatic rings. The summed E-state index contributed by atoms with van der Waals surface area (Å²) in [6, 6.07) is 0. The van der Waals surface area contributed by atoms with Crippen molar-refractivity contribution in [3.8, 4) is 0 Å². The van der Waals surface area contributed by atoms with Crippen LogP contribution in [0.3, 0.4) is 0 Å². The Balaban J connectivity index is 3.61. The van der Waals surface area contributed by atoms with Crippen LogP contribution in [0.2, 0.25) is 0 Å². The molecule has 0 bridgehead atoms. The molecule has 4 nitrogen and oxygen atoms in total. The van der Waals surface area contributed by atoms with E-state index in [-0.39, 0.29) is 12.0 Å². The molecule has 0 radical (unpaired) electrons. The molecule has 0 rings (SSSR count). The van der Waals surface area contributed by atoms with E-state index >= 15 is 0 Å². The number of nitrogens with one attached hydrogen (secondary N) is 1. The van der Waals surface area contributed by atoms with E-state index in [4.69, 9.17) is 5.11 Å². The Bertz CT molecular complexity index is 134. The molecule has 11 heavy (non-hydrogen) atoms. The van der Waals surface area contributed by atoms with E-state index in [1.165, 1.54) is 7.11 Å². The molecule has 66 valence electrons. The number of carbonyl (C=O) groups excluding carboxylic acids is 1. The molecule has 0 saturated carbocycles. The van der Waals surface area contributed by atoms with Crippen LogP contribution in [-0.4, -0.2) is 31.5 Å². The third-order valence-corrected chi connectivity index (χ3v) is 1.32. The summed E-state index contributed by atoms with van der Waals surface area (Å²) >= 11 is 0. The zero-order valence-corrected chi connectivity index (χ0v) is 7.18. The fourth-order valence-corrected chi connectivity index (χ4v) is 0.440. The summed E-state index contributed by atoms with van der Waals surface area (Å²) in [7, 11) is 1.31. The maximum Gasteiger partial charge on any atom is 0.406 e. The Labute approximate surface area is 66.5 Å². The van der Waals surface area contributed by atoms with E-state index in [0.717, 1.165) is 0 Å². The third-order valence-electron chi connectivity index (χ3n) is 1.32. The number of hydrogen-bond acceptors (Lipinski definition) is 3. The number of alkyl carbamates (subject to hydrolysis) is 1. The van der Waals surface area contributed by atoms with Gasteiger partial charge in [0.2, 0.25) is 0 Å². The van der Waals surface area contributed by atoms with Crippen LogP contribution in [0.5, 0.6) is 0 Å². The SMILES string of the molecule is COC(=O)NCC(C)(C)CO. The van der Waals surface area contributed by atoms with Gasteiger partial charge in [0, 0.05) is 18.6 Å². The number of aliphatic hydroxyl groups is 1. The molecule has 0 aliphatic carbocycles. The van der Waals surface area contributed by atoms with Crippen LogP contribution in [-0.2, 0) is 4.74 Å². The summed E-state index contributed by atoms with van der Waals surface area (Å²) in [5, 5.41) is 11.3. The van der Waals surface area contributed by atoms with Gasteiger partial charge in [0.05, 0.1) is 7.11 Å². The van der Waals surface area contributed by atoms with Crippen LogP contribution >= 0.6 is 0 Å². The minimum atomic E-state index is -0.466. The van der Waals surface area contributed by atoms with Crippen LogP contribution in [0.25, 0.3) is 0 Å². The normalized spacial score (nSPS) is 10.9. The van der Waals surface area contributed by atoms with Gasteiger partial charge in [-0.1, -0.05) is 13.8 Å². The molecule has 0 spiro atoms. The molecule has 0 unspecified atom stereocenters. The second kappa shape index (κ2) is 4.18. The van der Waals surface area contributed by atoms with Crippen molar-refractivity contribution in [3.05, 3.63) is 0 Å². The van der Waals surface area contributed by atoms with E-state index in [1.54, 1.807) is 0 Å². The van der Waals surface area contributed by atoms with Crippen molar-refractivity contribution in [3.63, 3.8) is 0 Å². The number of carbonyl (C=O) groups is 1. The first-order chi connectivity index (χ1) is 5.02. The lowest BCUT2D eigenvalue weighted by Gasteiger charge is -2.20. The number of ether oxygens (including phenoxy) is 1. The Hall–Kier alpha value is -0.770. The van der Waals surface area contributed by atoms with Crippen molar-refractivity contribution >= 4 is 6.09 Å². The second-order valence-electron chi connectivity index (χ2n) is 3.17. The third kappa shape index (κ3) is 4.61. The van der Waals surface area contributed by atoms with Crippen LogP contribution in [0.15, 0.2) is 0 Å². The van der Waals surface area contributed by atoms with Crippen LogP contribution < -0.4 is 5.32 Å². The van der Waals surface area contributed by atoms with Gasteiger partial charge in [-0.25, -0.2) is 4.79 Å². The zero-order valence-electron chi connectivity index (χ0n) is 7.18. The van der Waals surface area contributed by atoms with Gasteiger partial charge in [-0.2, -0.15) is 0 Å². The van der Waals surface area contributed by atoms with Gasteiger partial charge < -0.3 is 15.2 Å². The predicted octanol–water partition coefficient (Wildman–Crippen LogP) is 0.361. The van der Waals surface area contributed by atoms with Gasteiger partial charge in [-0.15, -0.1) is 0 Å². The molecule has 0 aromatic rings. The largest absolute Gasteiger partial charge is 0.453 e. The van der Waals surface area contributed by atoms with E-state index < -0.39 is 6.09 Å². The quantitative estimate of drug-likeness (QED) is 0.628. The Morgan fingerprint density at radius 1 is 1.64 bits per heavy atom. The minimum absolute atomic E-state index is 0.0387. The number of hydrogen-bond donors (Lipinski definition) is 2. The van der Waals surface area contributed by atoms with Gasteiger partial charge in [0.1, 0.15) is 0 Å². The van der Waals surface area contributed by atoms with Gasteiger partial charge in [-0.3, -0.25) is 0 Å². The average molecular weight is 161 g/mol. The minimum Gasteiger partial charge on any atom is -0.453 e. The predicted molar refractivity (Wildman–Crippen MR) is 41.3 cm³/mol. The highest BCUT2D eigenvalue weighted by molar-refractivity contribution is 5.66. The lowest BCUT2D eigenvalue weighted by atomic mass is 9.95. The molecule has 0 fully saturated rings. The van der Waals surface area contributed by atoms with E-state index in [0.29, 0.717) is 6.54 Å². The summed E-state index contributed by atoms with van der Waals surface area (Å²) in [4.78, 5) is 10.6. The monoisotopic (exact) mass is 161 g/mol. The van der Waals surface area contributed by atoms with Crippen LogP contribution in [0.1, 0.15) is 13.8 Å². The van der Waals surface area contributed by atoms with Gasteiger partial charge in [0.15, 0.2) is 0 Å². The molecule has 0 aromatic carbocycles. The summed E-state index contributed by atoms with van der Waals surface area (Å²) in [6.07, 6.45) is -0.466. The average Bonchev–Trinajstić information content (AvgIpc) is 2.00. The lowest BCUT2D eigenvalue weighted by Crippen LogP contribution is -2.35. The number of aliphatic hydroxyl groups excluding tert-OH is 1. The number of amides is 1. The van der Waals surface area contributed by atoms with Gasteiger partial charge in [0.25, 0.3) is 0 Å². The smallest absolute Gasteiger partial charge is 0.406 e. The highest BCUT2D eigenvalue weighted by atomic mass is 16.5. The summed E-state index contributed by atoms with van der Waals surface area (Å²) in [5.41, 5.74) is -0.284. The number of rotatable bonds is 3. The highest BCUT2D eigenvalue weighted by Gasteiger charge is 2.17. The molecule has 0 aromatic heterocycles. The molecule has 0 heterocycles. The molecule has 4 heteroatoms. The maximum absolute atomic E-state index is 10.6. The van der Waals surface area contributed by atoms with E-state index in [1.807, 2.05) is 13.8 Å². The Morgan fingerprint density at radius 2 is 2.18 bits per heavy atom. The molecule has 0 saturated heterocycles. The Kier molecular flexibility index (Phi) is 3.89. The van der Waals surface area contributed by atoms with Crippen molar-refractivity contribution in [1.82, 2.24) is 5.32 Å². The summed E-state index contributed by atoms with van der Waals surface area (Å²) < 4.78 is 4.36. The van der Waals surface area contributed by atoms with Crippen molar-refractivity contribution in [2.45, 2.75) is 13.8 Å². The first-order valence-corrected chi connectivity index (χ1v) is 3.44. The number of methoxy groups -OCH3 is 1.